The van der Waals surface area contributed by atoms with Gasteiger partial charge in [-0.25, -0.2) is 0 Å². The van der Waals surface area contributed by atoms with E-state index in [1.54, 1.807) is 6.92 Å². The smallest absolute Gasteiger partial charge is 0.153 e. The number of furan rings is 1. The summed E-state index contributed by atoms with van der Waals surface area (Å²) >= 11 is 0. The van der Waals surface area contributed by atoms with Crippen LogP contribution in [0.2, 0.25) is 0 Å². The Kier molecular flexibility index (Phi) is 2.31. The Hall–Kier alpha value is -1.25. The molecule has 1 heterocycles. The highest BCUT2D eigenvalue weighted by Crippen LogP contribution is 2.07. The lowest BCUT2D eigenvalue weighted by molar-refractivity contribution is 0.259. The van der Waals surface area contributed by atoms with Crippen molar-refractivity contribution in [1.29, 1.82) is 0 Å². The van der Waals surface area contributed by atoms with Gasteiger partial charge in [0.2, 0.25) is 0 Å². The van der Waals surface area contributed by atoms with Crippen LogP contribution < -0.4 is 0 Å². The van der Waals surface area contributed by atoms with E-state index >= 15 is 0 Å². The molecular formula is C8H10NO2. The van der Waals surface area contributed by atoms with Crippen LogP contribution in [0, 0.1) is 14.0 Å². The summed E-state index contributed by atoms with van der Waals surface area (Å²) in [4.78, 5) is 4.35. The molecule has 0 unspecified atom stereocenters. The summed E-state index contributed by atoms with van der Waals surface area (Å²) in [7, 11) is 3.13. The number of oxime groups is 1. The van der Waals surface area contributed by atoms with Crippen molar-refractivity contribution >= 4 is 5.71 Å². The number of rotatable bonds is 2. The minimum Gasteiger partial charge on any atom is -0.460 e. The summed E-state index contributed by atoms with van der Waals surface area (Å²) in [6.07, 6.45) is 0. The monoisotopic (exact) mass is 152 g/mol. The van der Waals surface area contributed by atoms with Crippen LogP contribution in [0.5, 0.6) is 0 Å². The third-order valence-corrected chi connectivity index (χ3v) is 1.30. The molecule has 0 spiro atoms. The molecule has 1 aromatic rings. The fourth-order valence-corrected chi connectivity index (χ4v) is 0.771. The molecule has 0 aromatic carbocycles. The van der Waals surface area contributed by atoms with Crippen LogP contribution in [0.3, 0.4) is 0 Å². The van der Waals surface area contributed by atoms with E-state index in [2.05, 4.69) is 17.1 Å². The van der Waals surface area contributed by atoms with E-state index in [0.717, 1.165) is 5.76 Å². The average Bonchev–Trinajstić information content (AvgIpc) is 2.36. The van der Waals surface area contributed by atoms with E-state index in [4.69, 9.17) is 4.42 Å². The Balaban J connectivity index is 2.84. The molecule has 1 aromatic heterocycles. The van der Waals surface area contributed by atoms with Crippen molar-refractivity contribution in [3.8, 4) is 0 Å². The van der Waals surface area contributed by atoms with Gasteiger partial charge in [0.15, 0.2) is 12.9 Å². The zero-order valence-electron chi connectivity index (χ0n) is 6.63. The van der Waals surface area contributed by atoms with Crippen LogP contribution >= 0.6 is 0 Å². The van der Waals surface area contributed by atoms with Gasteiger partial charge in [0.1, 0.15) is 11.5 Å². The maximum atomic E-state index is 5.26. The fourth-order valence-electron chi connectivity index (χ4n) is 0.771. The minimum atomic E-state index is 0.688. The van der Waals surface area contributed by atoms with E-state index in [-0.39, 0.29) is 0 Å². The van der Waals surface area contributed by atoms with E-state index in [1.807, 2.05) is 19.1 Å². The maximum Gasteiger partial charge on any atom is 0.153 e. The summed E-state index contributed by atoms with van der Waals surface area (Å²) in [5, 5.41) is 3.62. The largest absolute Gasteiger partial charge is 0.460 e. The summed E-state index contributed by atoms with van der Waals surface area (Å²) in [6, 6.07) is 3.71. The first-order valence-electron chi connectivity index (χ1n) is 3.26. The Bertz CT molecular complexity index is 263. The summed E-state index contributed by atoms with van der Waals surface area (Å²) in [6.45, 7) is 3.67. The molecule has 0 saturated carbocycles. The highest BCUT2D eigenvalue weighted by Gasteiger charge is 2.01. The van der Waals surface area contributed by atoms with Gasteiger partial charge in [0.25, 0.3) is 0 Å². The van der Waals surface area contributed by atoms with Gasteiger partial charge in [-0.3, -0.25) is 0 Å². The molecule has 0 fully saturated rings. The lowest BCUT2D eigenvalue weighted by Gasteiger charge is -1.92. The maximum absolute atomic E-state index is 5.26. The molecule has 0 aliphatic rings. The van der Waals surface area contributed by atoms with Gasteiger partial charge in [-0.2, -0.15) is 0 Å². The standard InChI is InChI=1S/C8H10NO2/c1-6-4-5-8(11-6)7(2)9-10-3/h4-5H,3H2,1-2H3. The second-order valence-corrected chi connectivity index (χ2v) is 2.22. The van der Waals surface area contributed by atoms with Crippen LogP contribution in [0.1, 0.15) is 18.4 Å². The van der Waals surface area contributed by atoms with Crippen molar-refractivity contribution in [3.05, 3.63) is 30.8 Å². The highest BCUT2D eigenvalue weighted by atomic mass is 16.6. The first-order chi connectivity index (χ1) is 5.24. The lowest BCUT2D eigenvalue weighted by atomic mass is 10.3. The zero-order chi connectivity index (χ0) is 8.27. The molecule has 0 bridgehead atoms. The Morgan fingerprint density at radius 1 is 1.64 bits per heavy atom. The minimum absolute atomic E-state index is 0.688. The van der Waals surface area contributed by atoms with Gasteiger partial charge >= 0.3 is 0 Å². The number of hydrogen-bond donors (Lipinski definition) is 0. The highest BCUT2D eigenvalue weighted by molar-refractivity contribution is 5.95. The third kappa shape index (κ3) is 1.83. The summed E-state index contributed by atoms with van der Waals surface area (Å²) in [5.74, 6) is 1.57. The number of aryl methyl sites for hydroxylation is 1. The Morgan fingerprint density at radius 3 is 2.82 bits per heavy atom. The quantitative estimate of drug-likeness (QED) is 0.480. The zero-order valence-corrected chi connectivity index (χ0v) is 6.63. The first kappa shape index (κ1) is 7.85. The second kappa shape index (κ2) is 3.23. The molecule has 1 rings (SSSR count). The average molecular weight is 152 g/mol. The molecule has 59 valence electrons. The molecule has 0 aliphatic carbocycles. The van der Waals surface area contributed by atoms with Gasteiger partial charge in [-0.1, -0.05) is 5.16 Å². The molecule has 0 saturated heterocycles. The number of hydrogen-bond acceptors (Lipinski definition) is 3. The van der Waals surface area contributed by atoms with Gasteiger partial charge in [-0.05, 0) is 26.0 Å². The molecule has 11 heavy (non-hydrogen) atoms. The van der Waals surface area contributed by atoms with E-state index in [1.165, 1.54) is 0 Å². The van der Waals surface area contributed by atoms with Crippen molar-refractivity contribution in [1.82, 2.24) is 0 Å². The molecule has 0 N–H and O–H groups in total. The van der Waals surface area contributed by atoms with Crippen LogP contribution in [-0.2, 0) is 4.84 Å². The van der Waals surface area contributed by atoms with Crippen LogP contribution in [0.15, 0.2) is 21.7 Å². The molecule has 1 radical (unpaired) electrons. The van der Waals surface area contributed by atoms with Crippen molar-refractivity contribution in [2.75, 3.05) is 0 Å². The van der Waals surface area contributed by atoms with E-state index < -0.39 is 0 Å². The molecule has 0 amide bonds. The predicted molar refractivity (Wildman–Crippen MR) is 42.1 cm³/mol. The summed E-state index contributed by atoms with van der Waals surface area (Å²) in [5.41, 5.74) is 0.688. The van der Waals surface area contributed by atoms with Crippen molar-refractivity contribution in [3.63, 3.8) is 0 Å². The molecular weight excluding hydrogens is 142 g/mol. The molecule has 3 nitrogen and oxygen atoms in total. The van der Waals surface area contributed by atoms with Gasteiger partial charge in [0.05, 0.1) is 0 Å². The third-order valence-electron chi connectivity index (χ3n) is 1.30. The Labute approximate surface area is 65.6 Å². The van der Waals surface area contributed by atoms with Gasteiger partial charge < -0.3 is 9.25 Å². The van der Waals surface area contributed by atoms with Crippen LogP contribution in [0.25, 0.3) is 0 Å². The first-order valence-corrected chi connectivity index (χ1v) is 3.26. The number of nitrogens with zero attached hydrogens (tertiary/aromatic N) is 1. The van der Waals surface area contributed by atoms with Crippen LogP contribution in [-0.4, -0.2) is 5.71 Å². The van der Waals surface area contributed by atoms with Crippen molar-refractivity contribution < 1.29 is 9.25 Å². The fraction of sp³-hybridized carbons (Fsp3) is 0.250. The SMILES string of the molecule is [CH2]ON=C(C)c1ccc(C)o1. The topological polar surface area (TPSA) is 34.7 Å². The van der Waals surface area contributed by atoms with Crippen LogP contribution in [0.4, 0.5) is 0 Å². The van der Waals surface area contributed by atoms with Crippen molar-refractivity contribution in [2.24, 2.45) is 5.16 Å². The van der Waals surface area contributed by atoms with E-state index in [0.29, 0.717) is 11.5 Å². The molecule has 3 heteroatoms. The van der Waals surface area contributed by atoms with Gasteiger partial charge in [-0.15, -0.1) is 0 Å². The molecule has 0 aliphatic heterocycles. The normalized spacial score (nSPS) is 11.7. The Morgan fingerprint density at radius 2 is 2.36 bits per heavy atom. The predicted octanol–water partition coefficient (Wildman–Crippen LogP) is 2.12. The van der Waals surface area contributed by atoms with Gasteiger partial charge in [0, 0.05) is 0 Å². The molecule has 0 atom stereocenters. The summed E-state index contributed by atoms with van der Waals surface area (Å²) < 4.78 is 5.26. The van der Waals surface area contributed by atoms with E-state index in [9.17, 15) is 0 Å². The van der Waals surface area contributed by atoms with Crippen molar-refractivity contribution in [2.45, 2.75) is 13.8 Å². The second-order valence-electron chi connectivity index (χ2n) is 2.22. The lowest BCUT2D eigenvalue weighted by Crippen LogP contribution is -1.91.